The molecule has 0 radical (unpaired) electrons. The molecule has 2 heterocycles. The third kappa shape index (κ3) is 4.78. The topological polar surface area (TPSA) is 33.6 Å². The van der Waals surface area contributed by atoms with Gasteiger partial charge in [-0.05, 0) is 82.9 Å². The fourth-order valence-electron chi connectivity index (χ4n) is 8.13. The lowest BCUT2D eigenvalue weighted by Crippen LogP contribution is -2.07. The lowest BCUT2D eigenvalue weighted by Gasteiger charge is -2.20. The number of aromatic nitrogens is 2. The molecule has 0 fully saturated rings. The number of fused-ring (bicyclic) bond motifs is 6. The molecule has 0 atom stereocenters. The molecule has 0 aliphatic rings. The lowest BCUT2D eigenvalue weighted by molar-refractivity contribution is 0.589. The molecule has 5 heteroatoms. The molecule has 3 nitrogen and oxygen atoms in total. The van der Waals surface area contributed by atoms with Gasteiger partial charge in [-0.25, -0.2) is 8.78 Å². The van der Waals surface area contributed by atoms with Gasteiger partial charge >= 0.3 is 0 Å². The third-order valence-electron chi connectivity index (χ3n) is 10.5. The van der Waals surface area contributed by atoms with E-state index >= 15 is 8.78 Å². The van der Waals surface area contributed by atoms with Crippen LogP contribution in [0.2, 0.25) is 0 Å². The maximum Gasteiger partial charge on any atom is 0.134 e. The van der Waals surface area contributed by atoms with Crippen molar-refractivity contribution in [1.29, 1.82) is 5.26 Å². The highest BCUT2D eigenvalue weighted by Gasteiger charge is 2.26. The number of nitriles is 1. The minimum Gasteiger partial charge on any atom is -0.308 e. The van der Waals surface area contributed by atoms with Gasteiger partial charge in [0.05, 0.1) is 39.0 Å². The Kier molecular flexibility index (Phi) is 7.24. The summed E-state index contributed by atoms with van der Waals surface area (Å²) in [6.45, 7) is 0. The molecule has 0 N–H and O–H groups in total. The van der Waals surface area contributed by atoms with Gasteiger partial charge in [0.1, 0.15) is 23.3 Å². The Morgan fingerprint density at radius 2 is 0.889 bits per heavy atom. The van der Waals surface area contributed by atoms with E-state index in [9.17, 15) is 5.26 Å². The summed E-state index contributed by atoms with van der Waals surface area (Å²) < 4.78 is 35.9. The summed E-state index contributed by atoms with van der Waals surface area (Å²) in [5, 5.41) is 15.3. The van der Waals surface area contributed by atoms with Gasteiger partial charge in [0.15, 0.2) is 0 Å². The summed E-state index contributed by atoms with van der Waals surface area (Å²) in [6, 6.07) is 59.2. The summed E-state index contributed by atoms with van der Waals surface area (Å²) in [4.78, 5) is 0. The average molecular weight is 698 g/mol. The van der Waals surface area contributed by atoms with Gasteiger partial charge in [-0.3, -0.25) is 0 Å². The van der Waals surface area contributed by atoms with Crippen molar-refractivity contribution >= 4 is 43.6 Å². The number of hydrogen-bond donors (Lipinski definition) is 0. The average Bonchev–Trinajstić information content (AvgIpc) is 3.73. The van der Waals surface area contributed by atoms with Gasteiger partial charge in [-0.15, -0.1) is 0 Å². The Labute approximate surface area is 309 Å². The molecular formula is C49H29F2N3. The molecule has 54 heavy (non-hydrogen) atoms. The summed E-state index contributed by atoms with van der Waals surface area (Å²) in [5.74, 6) is -1.41. The maximum absolute atomic E-state index is 15.9. The standard InChI is InChI=1S/C49H29F2N3/c50-41-18-11-19-42(51)48(41)37-24-27-47(53-43-20-9-7-16-35(43)38-28-33(22-25-45(38)53)31-12-3-1-4-13-31)40(30-52)49(37)54-44-21-10-8-17-36(44)39-29-34(23-26-46(39)54)32-14-5-2-6-15-32/h1-29H. The fraction of sp³-hybridized carbons (Fsp3) is 0. The van der Waals surface area contributed by atoms with E-state index in [1.54, 1.807) is 6.07 Å². The number of para-hydroxylation sites is 2. The normalized spacial score (nSPS) is 11.5. The van der Waals surface area contributed by atoms with Gasteiger partial charge in [-0.2, -0.15) is 5.26 Å². The second kappa shape index (κ2) is 12.4. The van der Waals surface area contributed by atoms with Crippen molar-refractivity contribution in [2.24, 2.45) is 0 Å². The molecule has 0 spiro atoms. The SMILES string of the molecule is N#Cc1c(-n2c3ccccc3c3cc(-c4ccccc4)ccc32)ccc(-c2c(F)cccc2F)c1-n1c2ccccc2c2cc(-c3ccccc3)ccc21. The van der Waals surface area contributed by atoms with E-state index in [1.807, 2.05) is 89.5 Å². The summed E-state index contributed by atoms with van der Waals surface area (Å²) in [5.41, 5.74) is 9.18. The second-order valence-corrected chi connectivity index (χ2v) is 13.5. The van der Waals surface area contributed by atoms with Crippen LogP contribution in [-0.4, -0.2) is 9.13 Å². The number of hydrogen-bond acceptors (Lipinski definition) is 1. The van der Waals surface area contributed by atoms with Gasteiger partial charge in [0.2, 0.25) is 0 Å². The molecule has 0 bridgehead atoms. The van der Waals surface area contributed by atoms with Gasteiger partial charge < -0.3 is 9.13 Å². The number of benzene rings is 8. The number of nitrogens with zero attached hydrogens (tertiary/aromatic N) is 3. The molecule has 10 rings (SSSR count). The van der Waals surface area contributed by atoms with Crippen molar-refractivity contribution in [3.05, 3.63) is 193 Å². The third-order valence-corrected chi connectivity index (χ3v) is 10.5. The van der Waals surface area contributed by atoms with Crippen molar-refractivity contribution < 1.29 is 8.78 Å². The van der Waals surface area contributed by atoms with Crippen LogP contribution in [0.15, 0.2) is 176 Å². The van der Waals surface area contributed by atoms with Crippen molar-refractivity contribution in [2.75, 3.05) is 0 Å². The van der Waals surface area contributed by atoms with E-state index in [2.05, 4.69) is 77.4 Å². The van der Waals surface area contributed by atoms with Crippen LogP contribution in [0.5, 0.6) is 0 Å². The molecule has 0 unspecified atom stereocenters. The highest BCUT2D eigenvalue weighted by Crippen LogP contribution is 2.44. The van der Waals surface area contributed by atoms with E-state index < -0.39 is 11.6 Å². The predicted molar refractivity (Wildman–Crippen MR) is 216 cm³/mol. The summed E-state index contributed by atoms with van der Waals surface area (Å²) >= 11 is 0. The van der Waals surface area contributed by atoms with Crippen LogP contribution >= 0.6 is 0 Å². The van der Waals surface area contributed by atoms with Crippen LogP contribution < -0.4 is 0 Å². The fourth-order valence-corrected chi connectivity index (χ4v) is 8.13. The molecule has 2 aromatic heterocycles. The van der Waals surface area contributed by atoms with Gasteiger partial charge in [-0.1, -0.05) is 115 Å². The van der Waals surface area contributed by atoms with Crippen LogP contribution in [-0.2, 0) is 0 Å². The van der Waals surface area contributed by atoms with Crippen LogP contribution in [0.1, 0.15) is 5.56 Å². The summed E-state index contributed by atoms with van der Waals surface area (Å²) in [7, 11) is 0. The quantitative estimate of drug-likeness (QED) is 0.176. The smallest absolute Gasteiger partial charge is 0.134 e. The van der Waals surface area contributed by atoms with Crippen molar-refractivity contribution in [1.82, 2.24) is 9.13 Å². The zero-order valence-corrected chi connectivity index (χ0v) is 28.8. The van der Waals surface area contributed by atoms with Crippen molar-refractivity contribution in [3.8, 4) is 50.8 Å². The maximum atomic E-state index is 15.9. The van der Waals surface area contributed by atoms with E-state index in [0.29, 0.717) is 16.9 Å². The zero-order valence-electron chi connectivity index (χ0n) is 28.8. The second-order valence-electron chi connectivity index (χ2n) is 13.5. The zero-order chi connectivity index (χ0) is 36.3. The van der Waals surface area contributed by atoms with Crippen LogP contribution in [0, 0.1) is 23.0 Å². The number of halogens is 2. The van der Waals surface area contributed by atoms with Gasteiger partial charge in [0.25, 0.3) is 0 Å². The highest BCUT2D eigenvalue weighted by atomic mass is 19.1. The Bertz CT molecular complexity index is 3110. The van der Waals surface area contributed by atoms with Crippen LogP contribution in [0.25, 0.3) is 88.4 Å². The molecule has 0 aliphatic carbocycles. The molecule has 0 aliphatic heterocycles. The number of rotatable bonds is 5. The first kappa shape index (κ1) is 31.4. The van der Waals surface area contributed by atoms with Crippen LogP contribution in [0.4, 0.5) is 8.78 Å². The Morgan fingerprint density at radius 3 is 1.44 bits per heavy atom. The molecule has 0 saturated carbocycles. The van der Waals surface area contributed by atoms with Gasteiger partial charge in [0, 0.05) is 27.1 Å². The van der Waals surface area contributed by atoms with Crippen molar-refractivity contribution in [2.45, 2.75) is 0 Å². The first-order chi connectivity index (χ1) is 26.6. The molecular weight excluding hydrogens is 669 g/mol. The molecule has 10 aromatic rings. The van der Waals surface area contributed by atoms with E-state index in [-0.39, 0.29) is 11.1 Å². The predicted octanol–water partition coefficient (Wildman–Crippen LogP) is 13.0. The molecule has 8 aromatic carbocycles. The van der Waals surface area contributed by atoms with Crippen LogP contribution in [0.3, 0.4) is 0 Å². The monoisotopic (exact) mass is 697 g/mol. The largest absolute Gasteiger partial charge is 0.308 e. The van der Waals surface area contributed by atoms with Crippen molar-refractivity contribution in [3.63, 3.8) is 0 Å². The summed E-state index contributed by atoms with van der Waals surface area (Å²) in [6.07, 6.45) is 0. The molecule has 254 valence electrons. The minimum absolute atomic E-state index is 0.183. The minimum atomic E-state index is -0.703. The molecule has 0 saturated heterocycles. The molecule has 0 amide bonds. The van der Waals surface area contributed by atoms with E-state index in [4.69, 9.17) is 0 Å². The van der Waals surface area contributed by atoms with E-state index in [0.717, 1.165) is 65.9 Å². The van der Waals surface area contributed by atoms with E-state index in [1.165, 1.54) is 18.2 Å². The Balaban J connectivity index is 1.33. The first-order valence-corrected chi connectivity index (χ1v) is 17.8. The first-order valence-electron chi connectivity index (χ1n) is 17.8. The Morgan fingerprint density at radius 1 is 0.407 bits per heavy atom. The highest BCUT2D eigenvalue weighted by molar-refractivity contribution is 6.13. The Hall–Kier alpha value is -7.29. The lowest BCUT2D eigenvalue weighted by atomic mass is 9.97.